The summed E-state index contributed by atoms with van der Waals surface area (Å²) in [4.78, 5) is 12.3. The standard InChI is InChI=1S/C18H20O3S/c1-12-9-14(3)16(10-13(12)2)21-11-15-7-5-6-8-17(15)22-18(19)20-4/h5-10H,11H2,1-4H3. The summed E-state index contributed by atoms with van der Waals surface area (Å²) in [6.07, 6.45) is 0. The molecule has 0 radical (unpaired) electrons. The van der Waals surface area contributed by atoms with Gasteiger partial charge in [-0.1, -0.05) is 24.3 Å². The highest BCUT2D eigenvalue weighted by Crippen LogP contribution is 2.27. The summed E-state index contributed by atoms with van der Waals surface area (Å²) < 4.78 is 10.7. The van der Waals surface area contributed by atoms with Crippen LogP contribution in [-0.4, -0.2) is 12.4 Å². The van der Waals surface area contributed by atoms with Gasteiger partial charge in [0, 0.05) is 10.5 Å². The van der Waals surface area contributed by atoms with Crippen molar-refractivity contribution in [1.82, 2.24) is 0 Å². The molecule has 0 saturated heterocycles. The van der Waals surface area contributed by atoms with Gasteiger partial charge in [-0.15, -0.1) is 0 Å². The van der Waals surface area contributed by atoms with Crippen molar-refractivity contribution in [3.8, 4) is 5.75 Å². The van der Waals surface area contributed by atoms with Gasteiger partial charge in [0.2, 0.25) is 0 Å². The molecule has 0 aliphatic carbocycles. The van der Waals surface area contributed by atoms with Crippen LogP contribution in [0.2, 0.25) is 0 Å². The number of benzene rings is 2. The molecular formula is C18H20O3S. The van der Waals surface area contributed by atoms with Crippen LogP contribution in [0.15, 0.2) is 41.3 Å². The summed E-state index contributed by atoms with van der Waals surface area (Å²) in [6.45, 7) is 6.62. The zero-order valence-electron chi connectivity index (χ0n) is 13.3. The van der Waals surface area contributed by atoms with Gasteiger partial charge in [0.05, 0.1) is 7.11 Å². The first-order chi connectivity index (χ1) is 10.5. The highest BCUT2D eigenvalue weighted by atomic mass is 32.2. The maximum atomic E-state index is 11.4. The van der Waals surface area contributed by atoms with Crippen LogP contribution in [0.5, 0.6) is 5.75 Å². The second-order valence-corrected chi connectivity index (χ2v) is 6.13. The minimum Gasteiger partial charge on any atom is -0.489 e. The number of thioether (sulfide) groups is 1. The van der Waals surface area contributed by atoms with Crippen molar-refractivity contribution >= 4 is 17.1 Å². The Morgan fingerprint density at radius 3 is 2.45 bits per heavy atom. The van der Waals surface area contributed by atoms with Crippen LogP contribution < -0.4 is 4.74 Å². The van der Waals surface area contributed by atoms with E-state index in [0.717, 1.165) is 33.5 Å². The first kappa shape index (κ1) is 16.4. The zero-order valence-corrected chi connectivity index (χ0v) is 14.1. The molecule has 0 saturated carbocycles. The average Bonchev–Trinajstić information content (AvgIpc) is 2.50. The summed E-state index contributed by atoms with van der Waals surface area (Å²) in [7, 11) is 1.38. The van der Waals surface area contributed by atoms with Crippen LogP contribution in [0.3, 0.4) is 0 Å². The molecule has 0 atom stereocenters. The van der Waals surface area contributed by atoms with E-state index < -0.39 is 0 Å². The Balaban J connectivity index is 2.15. The molecule has 0 aliphatic heterocycles. The fourth-order valence-corrected chi connectivity index (χ4v) is 2.77. The molecule has 0 heterocycles. The number of carbonyl (C=O) groups is 1. The first-order valence-corrected chi connectivity index (χ1v) is 7.87. The van der Waals surface area contributed by atoms with Crippen molar-refractivity contribution in [2.75, 3.05) is 7.11 Å². The number of methoxy groups -OCH3 is 1. The molecule has 0 aliphatic rings. The smallest absolute Gasteiger partial charge is 0.371 e. The number of ether oxygens (including phenoxy) is 2. The summed E-state index contributed by atoms with van der Waals surface area (Å²) >= 11 is 1.07. The fourth-order valence-electron chi connectivity index (χ4n) is 2.10. The minimum atomic E-state index is -0.324. The second kappa shape index (κ2) is 7.36. The van der Waals surface area contributed by atoms with Crippen LogP contribution in [0.25, 0.3) is 0 Å². The van der Waals surface area contributed by atoms with E-state index in [2.05, 4.69) is 26.0 Å². The Kier molecular flexibility index (Phi) is 5.50. The molecule has 22 heavy (non-hydrogen) atoms. The van der Waals surface area contributed by atoms with Gasteiger partial charge in [-0.25, -0.2) is 4.79 Å². The van der Waals surface area contributed by atoms with E-state index in [1.165, 1.54) is 18.2 Å². The summed E-state index contributed by atoms with van der Waals surface area (Å²) in [5.74, 6) is 0.876. The molecule has 0 unspecified atom stereocenters. The molecule has 3 nitrogen and oxygen atoms in total. The number of aryl methyl sites for hydroxylation is 3. The van der Waals surface area contributed by atoms with Crippen molar-refractivity contribution in [2.24, 2.45) is 0 Å². The van der Waals surface area contributed by atoms with E-state index in [9.17, 15) is 4.79 Å². The van der Waals surface area contributed by atoms with Crippen molar-refractivity contribution in [2.45, 2.75) is 32.3 Å². The van der Waals surface area contributed by atoms with Crippen LogP contribution in [-0.2, 0) is 11.3 Å². The number of carbonyl (C=O) groups excluding carboxylic acids is 1. The topological polar surface area (TPSA) is 35.5 Å². The van der Waals surface area contributed by atoms with E-state index in [-0.39, 0.29) is 5.30 Å². The van der Waals surface area contributed by atoms with Gasteiger partial charge in [-0.2, -0.15) is 0 Å². The summed E-state index contributed by atoms with van der Waals surface area (Å²) in [5.41, 5.74) is 4.54. The second-order valence-electron chi connectivity index (χ2n) is 5.15. The van der Waals surface area contributed by atoms with E-state index in [0.29, 0.717) is 6.61 Å². The van der Waals surface area contributed by atoms with Crippen LogP contribution >= 0.6 is 11.8 Å². The Morgan fingerprint density at radius 1 is 1.05 bits per heavy atom. The van der Waals surface area contributed by atoms with Crippen LogP contribution in [0.4, 0.5) is 4.79 Å². The zero-order chi connectivity index (χ0) is 16.1. The van der Waals surface area contributed by atoms with Gasteiger partial charge < -0.3 is 9.47 Å². The Labute approximate surface area is 135 Å². The molecule has 0 bridgehead atoms. The van der Waals surface area contributed by atoms with Gasteiger partial charge in [0.25, 0.3) is 0 Å². The maximum Gasteiger partial charge on any atom is 0.371 e. The monoisotopic (exact) mass is 316 g/mol. The molecule has 0 spiro atoms. The van der Waals surface area contributed by atoms with Crippen molar-refractivity contribution in [3.63, 3.8) is 0 Å². The third kappa shape index (κ3) is 4.04. The Morgan fingerprint density at radius 2 is 1.73 bits per heavy atom. The average molecular weight is 316 g/mol. The summed E-state index contributed by atoms with van der Waals surface area (Å²) in [5, 5.41) is -0.324. The van der Waals surface area contributed by atoms with Crippen molar-refractivity contribution in [3.05, 3.63) is 58.7 Å². The van der Waals surface area contributed by atoms with Gasteiger partial charge in [0.15, 0.2) is 0 Å². The molecule has 2 aromatic rings. The third-order valence-corrected chi connectivity index (χ3v) is 4.46. The predicted octanol–water partition coefficient (Wildman–Crippen LogP) is 5.05. The third-order valence-electron chi connectivity index (χ3n) is 3.51. The lowest BCUT2D eigenvalue weighted by atomic mass is 10.1. The van der Waals surface area contributed by atoms with Crippen molar-refractivity contribution < 1.29 is 14.3 Å². The van der Waals surface area contributed by atoms with E-state index in [1.807, 2.05) is 31.2 Å². The Hall–Kier alpha value is -1.94. The van der Waals surface area contributed by atoms with Gasteiger partial charge in [-0.05, 0) is 61.4 Å². The molecule has 0 fully saturated rings. The minimum absolute atomic E-state index is 0.324. The molecule has 2 rings (SSSR count). The van der Waals surface area contributed by atoms with Gasteiger partial charge >= 0.3 is 5.30 Å². The largest absolute Gasteiger partial charge is 0.489 e. The SMILES string of the molecule is COC(=O)Sc1ccccc1COc1cc(C)c(C)cc1C. The molecule has 116 valence electrons. The lowest BCUT2D eigenvalue weighted by Crippen LogP contribution is -2.01. The van der Waals surface area contributed by atoms with E-state index in [1.54, 1.807) is 0 Å². The molecule has 0 amide bonds. The predicted molar refractivity (Wildman–Crippen MR) is 89.7 cm³/mol. The normalized spacial score (nSPS) is 10.4. The molecule has 2 aromatic carbocycles. The number of rotatable bonds is 4. The van der Waals surface area contributed by atoms with Crippen LogP contribution in [0.1, 0.15) is 22.3 Å². The quantitative estimate of drug-likeness (QED) is 0.584. The van der Waals surface area contributed by atoms with E-state index in [4.69, 9.17) is 9.47 Å². The van der Waals surface area contributed by atoms with Crippen molar-refractivity contribution in [1.29, 1.82) is 0 Å². The molecule has 4 heteroatoms. The lowest BCUT2D eigenvalue weighted by molar-refractivity contribution is 0.200. The van der Waals surface area contributed by atoms with Gasteiger partial charge in [0.1, 0.15) is 12.4 Å². The maximum absolute atomic E-state index is 11.4. The first-order valence-electron chi connectivity index (χ1n) is 7.05. The van der Waals surface area contributed by atoms with Gasteiger partial charge in [-0.3, -0.25) is 0 Å². The Bertz CT molecular complexity index is 680. The highest BCUT2D eigenvalue weighted by molar-refractivity contribution is 8.13. The lowest BCUT2D eigenvalue weighted by Gasteiger charge is -2.13. The fraction of sp³-hybridized carbons (Fsp3) is 0.278. The number of hydrogen-bond donors (Lipinski definition) is 0. The molecular weight excluding hydrogens is 296 g/mol. The summed E-state index contributed by atoms with van der Waals surface area (Å²) in [6, 6.07) is 11.9. The highest BCUT2D eigenvalue weighted by Gasteiger charge is 2.10. The van der Waals surface area contributed by atoms with E-state index >= 15 is 0 Å². The number of hydrogen-bond acceptors (Lipinski definition) is 4. The van der Waals surface area contributed by atoms with Crippen LogP contribution in [0, 0.1) is 20.8 Å². The molecule has 0 aromatic heterocycles. The molecule has 0 N–H and O–H groups in total.